The van der Waals surface area contributed by atoms with Crippen LogP contribution in [-0.2, 0) is 0 Å². The summed E-state index contributed by atoms with van der Waals surface area (Å²) in [6.45, 7) is 0. The Kier molecular flexibility index (Phi) is 5.41. The highest BCUT2D eigenvalue weighted by Crippen LogP contribution is 2.48. The molecule has 0 bridgehead atoms. The van der Waals surface area contributed by atoms with Crippen molar-refractivity contribution < 1.29 is 0 Å². The molecular weight excluding hydrogens is 637 g/mol. The summed E-state index contributed by atoms with van der Waals surface area (Å²) in [6.07, 6.45) is 0. The van der Waals surface area contributed by atoms with Crippen LogP contribution in [0, 0.1) is 0 Å². The van der Waals surface area contributed by atoms with Crippen LogP contribution in [-0.4, -0.2) is 9.13 Å². The van der Waals surface area contributed by atoms with Crippen molar-refractivity contribution in [3.05, 3.63) is 170 Å². The zero-order valence-electron chi connectivity index (χ0n) is 27.5. The fourth-order valence-corrected chi connectivity index (χ4v) is 10.1. The number of aromatic nitrogens is 2. The summed E-state index contributed by atoms with van der Waals surface area (Å²) in [6, 6.07) is 62.8. The minimum absolute atomic E-state index is 1.18. The molecule has 0 spiro atoms. The van der Waals surface area contributed by atoms with E-state index in [1.54, 1.807) is 0 Å². The Labute approximate surface area is 297 Å². The molecule has 3 aromatic heterocycles. The van der Waals surface area contributed by atoms with Crippen molar-refractivity contribution in [2.45, 2.75) is 0 Å². The SMILES string of the molecule is c1ccc(-n2c3ccccc3c3cc(-c4ccc5c(c4)c4ccccc4n5-c4ccc5sc6cccc7c8ccccc8c4c5c67)ccc32)cc1. The van der Waals surface area contributed by atoms with Crippen molar-refractivity contribution in [1.82, 2.24) is 9.13 Å². The van der Waals surface area contributed by atoms with Crippen LogP contribution in [0.4, 0.5) is 0 Å². The van der Waals surface area contributed by atoms with Crippen LogP contribution in [0.1, 0.15) is 0 Å². The lowest BCUT2D eigenvalue weighted by atomic mass is 9.93. The number of benzene rings is 9. The highest BCUT2D eigenvalue weighted by Gasteiger charge is 2.21. The van der Waals surface area contributed by atoms with Gasteiger partial charge in [-0.3, -0.25) is 0 Å². The van der Waals surface area contributed by atoms with Gasteiger partial charge in [0.25, 0.3) is 0 Å². The first-order valence-corrected chi connectivity index (χ1v) is 18.3. The Morgan fingerprint density at radius 3 is 1.57 bits per heavy atom. The van der Waals surface area contributed by atoms with Gasteiger partial charge in [-0.2, -0.15) is 0 Å². The van der Waals surface area contributed by atoms with Crippen LogP contribution in [0.5, 0.6) is 0 Å². The predicted molar refractivity (Wildman–Crippen MR) is 220 cm³/mol. The molecule has 236 valence electrons. The van der Waals surface area contributed by atoms with Crippen molar-refractivity contribution in [3.63, 3.8) is 0 Å². The molecule has 12 aromatic rings. The minimum Gasteiger partial charge on any atom is -0.309 e. The minimum atomic E-state index is 1.18. The van der Waals surface area contributed by atoms with E-state index in [-0.39, 0.29) is 0 Å². The van der Waals surface area contributed by atoms with E-state index in [4.69, 9.17) is 0 Å². The van der Waals surface area contributed by atoms with Crippen LogP contribution in [0.2, 0.25) is 0 Å². The van der Waals surface area contributed by atoms with Crippen LogP contribution in [0.15, 0.2) is 170 Å². The second-order valence-electron chi connectivity index (χ2n) is 13.7. The van der Waals surface area contributed by atoms with Crippen molar-refractivity contribution in [2.75, 3.05) is 0 Å². The van der Waals surface area contributed by atoms with Gasteiger partial charge in [0.1, 0.15) is 0 Å². The van der Waals surface area contributed by atoms with Crippen LogP contribution in [0.25, 0.3) is 108 Å². The fraction of sp³-hybridized carbons (Fsp3) is 0. The quantitative estimate of drug-likeness (QED) is 0.166. The van der Waals surface area contributed by atoms with Crippen molar-refractivity contribution in [1.29, 1.82) is 0 Å². The fourth-order valence-electron chi connectivity index (χ4n) is 8.94. The molecule has 12 rings (SSSR count). The molecule has 0 aliphatic rings. The summed E-state index contributed by atoms with van der Waals surface area (Å²) in [5.74, 6) is 0. The van der Waals surface area contributed by atoms with E-state index in [0.29, 0.717) is 0 Å². The summed E-state index contributed by atoms with van der Waals surface area (Å²) in [5, 5.41) is 13.1. The molecular formula is C48H28N2S. The Balaban J connectivity index is 1.12. The third-order valence-electron chi connectivity index (χ3n) is 11.1. The maximum absolute atomic E-state index is 2.51. The summed E-state index contributed by atoms with van der Waals surface area (Å²) in [5.41, 5.74) is 9.75. The summed E-state index contributed by atoms with van der Waals surface area (Å²) < 4.78 is 7.59. The molecule has 0 aliphatic heterocycles. The van der Waals surface area contributed by atoms with Crippen LogP contribution >= 0.6 is 11.3 Å². The van der Waals surface area contributed by atoms with Gasteiger partial charge in [-0.1, -0.05) is 103 Å². The number of hydrogen-bond acceptors (Lipinski definition) is 1. The second kappa shape index (κ2) is 10.1. The Bertz CT molecular complexity index is 3360. The molecule has 0 N–H and O–H groups in total. The van der Waals surface area contributed by atoms with E-state index in [9.17, 15) is 0 Å². The lowest BCUT2D eigenvalue weighted by molar-refractivity contribution is 1.18. The Hall–Kier alpha value is -6.42. The molecule has 0 amide bonds. The zero-order valence-corrected chi connectivity index (χ0v) is 28.3. The molecule has 3 heteroatoms. The van der Waals surface area contributed by atoms with Gasteiger partial charge in [0.2, 0.25) is 0 Å². The van der Waals surface area contributed by atoms with Gasteiger partial charge in [-0.05, 0) is 94.0 Å². The Morgan fingerprint density at radius 2 is 0.843 bits per heavy atom. The monoisotopic (exact) mass is 664 g/mol. The molecule has 0 saturated heterocycles. The topological polar surface area (TPSA) is 9.86 Å². The van der Waals surface area contributed by atoms with Crippen LogP contribution < -0.4 is 0 Å². The largest absolute Gasteiger partial charge is 0.309 e. The number of hydrogen-bond donors (Lipinski definition) is 0. The lowest BCUT2D eigenvalue weighted by Gasteiger charge is -2.16. The van der Waals surface area contributed by atoms with Gasteiger partial charge in [0.05, 0.1) is 27.8 Å². The molecule has 0 unspecified atom stereocenters. The average Bonchev–Trinajstić information content (AvgIpc) is 3.85. The highest BCUT2D eigenvalue weighted by atomic mass is 32.1. The predicted octanol–water partition coefficient (Wildman–Crippen LogP) is 13.7. The third-order valence-corrected chi connectivity index (χ3v) is 12.2. The number of rotatable bonds is 3. The first-order valence-electron chi connectivity index (χ1n) is 17.5. The number of nitrogens with zero attached hydrogens (tertiary/aromatic N) is 2. The maximum atomic E-state index is 2.51. The smallest absolute Gasteiger partial charge is 0.0548 e. The van der Waals surface area contributed by atoms with Gasteiger partial charge in [0.15, 0.2) is 0 Å². The van der Waals surface area contributed by atoms with E-state index in [2.05, 4.69) is 179 Å². The van der Waals surface area contributed by atoms with Crippen molar-refractivity contribution in [3.8, 4) is 22.5 Å². The molecule has 0 atom stereocenters. The van der Waals surface area contributed by atoms with Gasteiger partial charge < -0.3 is 9.13 Å². The molecule has 0 aliphatic carbocycles. The molecule has 0 fully saturated rings. The maximum Gasteiger partial charge on any atom is 0.0548 e. The average molecular weight is 665 g/mol. The van der Waals surface area contributed by atoms with Gasteiger partial charge in [0, 0.05) is 52.8 Å². The molecule has 51 heavy (non-hydrogen) atoms. The van der Waals surface area contributed by atoms with E-state index >= 15 is 0 Å². The summed E-state index contributed by atoms with van der Waals surface area (Å²) in [4.78, 5) is 0. The van der Waals surface area contributed by atoms with Gasteiger partial charge in [-0.15, -0.1) is 11.3 Å². The standard InChI is InChI=1S/C48H28N2S/c1-2-11-31(12-3-1)49-39-18-8-6-14-33(39)37-27-29(21-23-41(37)49)30-22-24-42-38(28-30)34-15-7-9-19-40(34)50(42)43-25-26-45-48-46(43)35-16-5-4-13-32(35)36-17-10-20-44(51-45)47(36)48/h1-28H. The van der Waals surface area contributed by atoms with E-state index < -0.39 is 0 Å². The highest BCUT2D eigenvalue weighted by molar-refractivity contribution is 7.26. The molecule has 9 aromatic carbocycles. The molecule has 2 nitrogen and oxygen atoms in total. The van der Waals surface area contributed by atoms with E-state index in [0.717, 1.165) is 0 Å². The van der Waals surface area contributed by atoms with Gasteiger partial charge in [-0.25, -0.2) is 0 Å². The van der Waals surface area contributed by atoms with Gasteiger partial charge >= 0.3 is 0 Å². The third kappa shape index (κ3) is 3.65. The summed E-state index contributed by atoms with van der Waals surface area (Å²) >= 11 is 1.90. The second-order valence-corrected chi connectivity index (χ2v) is 14.7. The normalized spacial score (nSPS) is 12.3. The number of fused-ring (bicyclic) bond motifs is 9. The van der Waals surface area contributed by atoms with E-state index in [1.807, 2.05) is 11.3 Å². The molecule has 3 heterocycles. The molecule has 0 saturated carbocycles. The van der Waals surface area contributed by atoms with Crippen molar-refractivity contribution >= 4 is 96.7 Å². The van der Waals surface area contributed by atoms with Crippen molar-refractivity contribution in [2.24, 2.45) is 0 Å². The first-order chi connectivity index (χ1) is 25.3. The number of para-hydroxylation sites is 3. The van der Waals surface area contributed by atoms with E-state index in [1.165, 1.54) is 108 Å². The number of thiophene rings is 1. The van der Waals surface area contributed by atoms with Crippen LogP contribution in [0.3, 0.4) is 0 Å². The Morgan fingerprint density at radius 1 is 0.314 bits per heavy atom. The zero-order chi connectivity index (χ0) is 33.2. The first kappa shape index (κ1) is 27.4. The lowest BCUT2D eigenvalue weighted by Crippen LogP contribution is -1.96. The molecule has 0 radical (unpaired) electrons. The summed E-state index contributed by atoms with van der Waals surface area (Å²) in [7, 11) is 0.